The summed E-state index contributed by atoms with van der Waals surface area (Å²) in [6.07, 6.45) is 0.224. The molecule has 106 valence electrons. The molecule has 1 aromatic rings. The first-order valence-corrected chi connectivity index (χ1v) is 7.79. The summed E-state index contributed by atoms with van der Waals surface area (Å²) in [7, 11) is 0. The van der Waals surface area contributed by atoms with Gasteiger partial charge in [0.25, 0.3) is 0 Å². The minimum absolute atomic E-state index is 0.0391. The lowest BCUT2D eigenvalue weighted by Gasteiger charge is -2.31. The van der Waals surface area contributed by atoms with Gasteiger partial charge < -0.3 is 9.47 Å². The number of hydrogen-bond acceptors (Lipinski definition) is 5. The highest BCUT2D eigenvalue weighted by atomic mass is 32.2. The molecule has 2 unspecified atom stereocenters. The number of nitrogens with one attached hydrogen (secondary N) is 1. The monoisotopic (exact) mass is 282 g/mol. The van der Waals surface area contributed by atoms with Gasteiger partial charge in [0.05, 0.1) is 24.9 Å². The predicted molar refractivity (Wildman–Crippen MR) is 79.3 cm³/mol. The van der Waals surface area contributed by atoms with E-state index in [1.807, 2.05) is 49.9 Å². The van der Waals surface area contributed by atoms with Crippen molar-refractivity contribution in [1.29, 1.82) is 0 Å². The van der Waals surface area contributed by atoms with Crippen molar-refractivity contribution < 1.29 is 9.47 Å². The fourth-order valence-electron chi connectivity index (χ4n) is 2.19. The molecular formula is C14H22N2O2S. The van der Waals surface area contributed by atoms with Crippen LogP contribution in [0.5, 0.6) is 5.75 Å². The van der Waals surface area contributed by atoms with Crippen molar-refractivity contribution in [2.45, 2.75) is 32.1 Å². The summed E-state index contributed by atoms with van der Waals surface area (Å²) in [5.41, 5.74) is 3.94. The van der Waals surface area contributed by atoms with Crippen LogP contribution in [0.4, 0.5) is 0 Å². The van der Waals surface area contributed by atoms with E-state index in [9.17, 15) is 0 Å². The lowest BCUT2D eigenvalue weighted by atomic mass is 10.0. The molecule has 0 amide bonds. The Morgan fingerprint density at radius 3 is 2.84 bits per heavy atom. The second kappa shape index (κ2) is 7.14. The average molecular weight is 282 g/mol. The fraction of sp³-hybridized carbons (Fsp3) is 0.571. The van der Waals surface area contributed by atoms with Crippen LogP contribution in [0.1, 0.15) is 25.5 Å². The van der Waals surface area contributed by atoms with Gasteiger partial charge in [-0.15, -0.1) is 0 Å². The summed E-state index contributed by atoms with van der Waals surface area (Å²) in [4.78, 5) is 0. The normalized spacial score (nSPS) is 21.4. The molecule has 2 atom stereocenters. The number of rotatable bonds is 5. The van der Waals surface area contributed by atoms with E-state index in [0.29, 0.717) is 0 Å². The number of hydrazine groups is 1. The van der Waals surface area contributed by atoms with Crippen LogP contribution >= 0.6 is 11.8 Å². The smallest absolute Gasteiger partial charge is 0.124 e. The van der Waals surface area contributed by atoms with E-state index in [-0.39, 0.29) is 18.2 Å². The SMILES string of the molecule is CC(C)Oc1ccccc1C(NN)C1CSCCO1. The molecule has 0 bridgehead atoms. The van der Waals surface area contributed by atoms with Crippen molar-refractivity contribution in [1.82, 2.24) is 5.43 Å². The molecule has 4 nitrogen and oxygen atoms in total. The largest absolute Gasteiger partial charge is 0.491 e. The van der Waals surface area contributed by atoms with Crippen molar-refractivity contribution in [3.05, 3.63) is 29.8 Å². The van der Waals surface area contributed by atoms with Crippen LogP contribution in [0, 0.1) is 0 Å². The summed E-state index contributed by atoms with van der Waals surface area (Å²) >= 11 is 1.90. The van der Waals surface area contributed by atoms with Gasteiger partial charge in [0.15, 0.2) is 0 Å². The quantitative estimate of drug-likeness (QED) is 0.640. The number of hydrogen-bond donors (Lipinski definition) is 2. The van der Waals surface area contributed by atoms with Crippen molar-refractivity contribution >= 4 is 11.8 Å². The molecule has 0 saturated carbocycles. The van der Waals surface area contributed by atoms with Crippen molar-refractivity contribution in [3.63, 3.8) is 0 Å². The third kappa shape index (κ3) is 3.86. The lowest BCUT2D eigenvalue weighted by molar-refractivity contribution is 0.0456. The van der Waals surface area contributed by atoms with E-state index in [1.165, 1.54) is 0 Å². The molecule has 1 aromatic carbocycles. The van der Waals surface area contributed by atoms with Gasteiger partial charge in [-0.05, 0) is 19.9 Å². The van der Waals surface area contributed by atoms with E-state index >= 15 is 0 Å². The highest BCUT2D eigenvalue weighted by molar-refractivity contribution is 7.99. The average Bonchev–Trinajstić information content (AvgIpc) is 2.42. The Morgan fingerprint density at radius 2 is 2.21 bits per heavy atom. The second-order valence-electron chi connectivity index (χ2n) is 4.83. The van der Waals surface area contributed by atoms with Crippen LogP contribution in [-0.2, 0) is 4.74 Å². The fourth-order valence-corrected chi connectivity index (χ4v) is 3.10. The summed E-state index contributed by atoms with van der Waals surface area (Å²) in [5, 5.41) is 0. The van der Waals surface area contributed by atoms with Crippen LogP contribution in [0.2, 0.25) is 0 Å². The molecule has 1 saturated heterocycles. The zero-order valence-electron chi connectivity index (χ0n) is 11.5. The number of para-hydroxylation sites is 1. The molecule has 0 radical (unpaired) electrons. The van der Waals surface area contributed by atoms with Gasteiger partial charge in [0.2, 0.25) is 0 Å². The van der Waals surface area contributed by atoms with Crippen LogP contribution in [-0.4, -0.2) is 30.3 Å². The maximum Gasteiger partial charge on any atom is 0.124 e. The Kier molecular flexibility index (Phi) is 5.51. The van der Waals surface area contributed by atoms with Crippen molar-refractivity contribution in [2.75, 3.05) is 18.1 Å². The molecule has 5 heteroatoms. The molecule has 0 spiro atoms. The molecule has 3 N–H and O–H groups in total. The Balaban J connectivity index is 2.21. The molecule has 1 fully saturated rings. The maximum absolute atomic E-state index is 5.86. The van der Waals surface area contributed by atoms with Crippen LogP contribution in [0.25, 0.3) is 0 Å². The maximum atomic E-state index is 5.86. The Morgan fingerprint density at radius 1 is 1.42 bits per heavy atom. The van der Waals surface area contributed by atoms with Gasteiger partial charge in [0, 0.05) is 17.1 Å². The molecule has 1 aliphatic heterocycles. The number of benzene rings is 1. The summed E-state index contributed by atoms with van der Waals surface area (Å²) in [5.74, 6) is 8.62. The van der Waals surface area contributed by atoms with Gasteiger partial charge >= 0.3 is 0 Å². The number of ether oxygens (including phenoxy) is 2. The molecule has 2 rings (SSSR count). The van der Waals surface area contributed by atoms with E-state index < -0.39 is 0 Å². The number of thioether (sulfide) groups is 1. The molecule has 0 aromatic heterocycles. The summed E-state index contributed by atoms with van der Waals surface area (Å²) < 4.78 is 11.7. The van der Waals surface area contributed by atoms with Crippen LogP contribution in [0.3, 0.4) is 0 Å². The zero-order chi connectivity index (χ0) is 13.7. The van der Waals surface area contributed by atoms with Crippen LogP contribution in [0.15, 0.2) is 24.3 Å². The molecule has 1 heterocycles. The van der Waals surface area contributed by atoms with Crippen LogP contribution < -0.4 is 16.0 Å². The predicted octanol–water partition coefficient (Wildman–Crippen LogP) is 2.11. The molecule has 1 aliphatic rings. The van der Waals surface area contributed by atoms with Gasteiger partial charge in [-0.25, -0.2) is 0 Å². The van der Waals surface area contributed by atoms with E-state index in [2.05, 4.69) is 5.43 Å². The van der Waals surface area contributed by atoms with Crippen molar-refractivity contribution in [2.24, 2.45) is 5.84 Å². The first-order chi connectivity index (χ1) is 9.22. The lowest BCUT2D eigenvalue weighted by Crippen LogP contribution is -2.41. The van der Waals surface area contributed by atoms with Crippen molar-refractivity contribution in [3.8, 4) is 5.75 Å². The first-order valence-electron chi connectivity index (χ1n) is 6.63. The standard InChI is InChI=1S/C14H22N2O2S/c1-10(2)18-12-6-4-3-5-11(12)14(16-15)13-9-19-8-7-17-13/h3-6,10,13-14,16H,7-9,15H2,1-2H3. The molecule has 19 heavy (non-hydrogen) atoms. The Hall–Kier alpha value is -0.750. The zero-order valence-corrected chi connectivity index (χ0v) is 12.3. The summed E-state index contributed by atoms with van der Waals surface area (Å²) in [6.45, 7) is 4.82. The van der Waals surface area contributed by atoms with Gasteiger partial charge in [0.1, 0.15) is 5.75 Å². The third-order valence-electron chi connectivity index (χ3n) is 3.01. The topological polar surface area (TPSA) is 56.5 Å². The number of nitrogens with two attached hydrogens (primary N) is 1. The highest BCUT2D eigenvalue weighted by Crippen LogP contribution is 2.31. The van der Waals surface area contributed by atoms with Gasteiger partial charge in [-0.1, -0.05) is 18.2 Å². The Labute approximate surface area is 119 Å². The minimum Gasteiger partial charge on any atom is -0.491 e. The van der Waals surface area contributed by atoms with E-state index in [0.717, 1.165) is 29.4 Å². The van der Waals surface area contributed by atoms with E-state index in [1.54, 1.807) is 0 Å². The minimum atomic E-state index is -0.0391. The highest BCUT2D eigenvalue weighted by Gasteiger charge is 2.27. The second-order valence-corrected chi connectivity index (χ2v) is 5.98. The van der Waals surface area contributed by atoms with Gasteiger partial charge in [-0.3, -0.25) is 11.3 Å². The van der Waals surface area contributed by atoms with E-state index in [4.69, 9.17) is 15.3 Å². The molecular weight excluding hydrogens is 260 g/mol. The first kappa shape index (κ1) is 14.7. The Bertz CT molecular complexity index is 395. The molecule has 0 aliphatic carbocycles. The third-order valence-corrected chi connectivity index (χ3v) is 4.03. The van der Waals surface area contributed by atoms with Gasteiger partial charge in [-0.2, -0.15) is 11.8 Å². The summed E-state index contributed by atoms with van der Waals surface area (Å²) in [6, 6.07) is 7.97.